The van der Waals surface area contributed by atoms with Gasteiger partial charge < -0.3 is 5.73 Å². The molecule has 18 heavy (non-hydrogen) atoms. The summed E-state index contributed by atoms with van der Waals surface area (Å²) in [4.78, 5) is 0. The highest BCUT2D eigenvalue weighted by Gasteiger charge is 2.24. The molecular formula is C12H6F5N. The standard InChI is InChI=1S/C12H6F5N/c13-6-3-1-2-5(4-6)7-8(14)10(16)12(18)11(17)9(7)15/h1-4H,18H2. The van der Waals surface area contributed by atoms with E-state index in [9.17, 15) is 22.0 Å². The molecule has 2 aromatic carbocycles. The Balaban J connectivity index is 2.80. The molecule has 0 aliphatic carbocycles. The molecule has 0 aliphatic rings. The first kappa shape index (κ1) is 12.3. The van der Waals surface area contributed by atoms with E-state index in [2.05, 4.69) is 0 Å². The van der Waals surface area contributed by atoms with E-state index in [1.165, 1.54) is 0 Å². The van der Waals surface area contributed by atoms with Gasteiger partial charge in [-0.2, -0.15) is 0 Å². The second-order valence-corrected chi connectivity index (χ2v) is 3.55. The van der Waals surface area contributed by atoms with Crippen molar-refractivity contribution in [2.24, 2.45) is 0 Å². The monoisotopic (exact) mass is 259 g/mol. The van der Waals surface area contributed by atoms with E-state index in [-0.39, 0.29) is 5.56 Å². The molecule has 2 aromatic rings. The van der Waals surface area contributed by atoms with Gasteiger partial charge in [-0.1, -0.05) is 12.1 Å². The SMILES string of the molecule is Nc1c(F)c(F)c(-c2cccc(F)c2)c(F)c1F. The maximum atomic E-state index is 13.5. The van der Waals surface area contributed by atoms with E-state index in [4.69, 9.17) is 5.73 Å². The molecule has 0 saturated heterocycles. The third kappa shape index (κ3) is 1.79. The van der Waals surface area contributed by atoms with E-state index < -0.39 is 40.3 Å². The molecule has 6 heteroatoms. The summed E-state index contributed by atoms with van der Waals surface area (Å²) in [6.07, 6.45) is 0. The molecule has 0 aliphatic heterocycles. The lowest BCUT2D eigenvalue weighted by Crippen LogP contribution is -2.05. The van der Waals surface area contributed by atoms with Crippen molar-refractivity contribution in [1.82, 2.24) is 0 Å². The van der Waals surface area contributed by atoms with Crippen LogP contribution < -0.4 is 5.73 Å². The van der Waals surface area contributed by atoms with Gasteiger partial charge in [-0.25, -0.2) is 22.0 Å². The summed E-state index contributed by atoms with van der Waals surface area (Å²) >= 11 is 0. The molecule has 0 aromatic heterocycles. The van der Waals surface area contributed by atoms with Crippen molar-refractivity contribution in [1.29, 1.82) is 0 Å². The molecule has 94 valence electrons. The topological polar surface area (TPSA) is 26.0 Å². The second kappa shape index (κ2) is 4.29. The smallest absolute Gasteiger partial charge is 0.185 e. The highest BCUT2D eigenvalue weighted by atomic mass is 19.2. The zero-order chi connectivity index (χ0) is 13.4. The number of halogens is 5. The Morgan fingerprint density at radius 2 is 1.33 bits per heavy atom. The molecule has 0 radical (unpaired) electrons. The first-order valence-corrected chi connectivity index (χ1v) is 4.80. The fourth-order valence-electron chi connectivity index (χ4n) is 1.55. The molecule has 0 unspecified atom stereocenters. The highest BCUT2D eigenvalue weighted by molar-refractivity contribution is 5.68. The van der Waals surface area contributed by atoms with E-state index in [0.29, 0.717) is 0 Å². The fourth-order valence-corrected chi connectivity index (χ4v) is 1.55. The molecule has 1 nitrogen and oxygen atoms in total. The maximum absolute atomic E-state index is 13.5. The van der Waals surface area contributed by atoms with Crippen molar-refractivity contribution >= 4 is 5.69 Å². The predicted molar refractivity (Wildman–Crippen MR) is 56.1 cm³/mol. The molecule has 2 N–H and O–H groups in total. The van der Waals surface area contributed by atoms with Gasteiger partial charge in [-0.3, -0.25) is 0 Å². The zero-order valence-corrected chi connectivity index (χ0v) is 8.78. The highest BCUT2D eigenvalue weighted by Crippen LogP contribution is 2.33. The van der Waals surface area contributed by atoms with Gasteiger partial charge in [-0.15, -0.1) is 0 Å². The molecule has 0 fully saturated rings. The van der Waals surface area contributed by atoms with Crippen molar-refractivity contribution in [2.75, 3.05) is 5.73 Å². The number of rotatable bonds is 1. The number of benzene rings is 2. The Labute approximate surface area is 98.7 Å². The van der Waals surface area contributed by atoms with Crippen LogP contribution >= 0.6 is 0 Å². The van der Waals surface area contributed by atoms with Crippen LogP contribution in [0.3, 0.4) is 0 Å². The third-order valence-electron chi connectivity index (χ3n) is 2.41. The number of nitrogens with two attached hydrogens (primary N) is 1. The Morgan fingerprint density at radius 1 is 0.778 bits per heavy atom. The molecule has 0 heterocycles. The van der Waals surface area contributed by atoms with Gasteiger partial charge in [0.05, 0.1) is 5.56 Å². The van der Waals surface area contributed by atoms with E-state index in [0.717, 1.165) is 24.3 Å². The number of anilines is 1. The summed E-state index contributed by atoms with van der Waals surface area (Å²) in [6.45, 7) is 0. The summed E-state index contributed by atoms with van der Waals surface area (Å²) in [5.74, 6) is -7.50. The summed E-state index contributed by atoms with van der Waals surface area (Å²) in [5.41, 5.74) is 2.31. The average molecular weight is 259 g/mol. The lowest BCUT2D eigenvalue weighted by molar-refractivity contribution is 0.464. The van der Waals surface area contributed by atoms with Crippen LogP contribution in [0.2, 0.25) is 0 Å². The average Bonchev–Trinajstić information content (AvgIpc) is 2.34. The lowest BCUT2D eigenvalue weighted by Gasteiger charge is -2.09. The number of hydrogen-bond donors (Lipinski definition) is 1. The summed E-state index contributed by atoms with van der Waals surface area (Å²) in [7, 11) is 0. The van der Waals surface area contributed by atoms with Crippen LogP contribution in [0.5, 0.6) is 0 Å². The normalized spacial score (nSPS) is 10.7. The van der Waals surface area contributed by atoms with Gasteiger partial charge in [-0.05, 0) is 17.7 Å². The van der Waals surface area contributed by atoms with Crippen molar-refractivity contribution in [2.45, 2.75) is 0 Å². The zero-order valence-electron chi connectivity index (χ0n) is 8.78. The van der Waals surface area contributed by atoms with Gasteiger partial charge in [0, 0.05) is 0 Å². The Bertz CT molecular complexity index is 595. The molecule has 0 bridgehead atoms. The second-order valence-electron chi connectivity index (χ2n) is 3.55. The quantitative estimate of drug-likeness (QED) is 0.472. The lowest BCUT2D eigenvalue weighted by atomic mass is 10.0. The first-order valence-electron chi connectivity index (χ1n) is 4.80. The van der Waals surface area contributed by atoms with Crippen LogP contribution in [0.15, 0.2) is 24.3 Å². The maximum Gasteiger partial charge on any atom is 0.185 e. The minimum atomic E-state index is -1.70. The van der Waals surface area contributed by atoms with Crippen LogP contribution in [0.4, 0.5) is 27.6 Å². The Hall–Kier alpha value is -2.11. The van der Waals surface area contributed by atoms with Gasteiger partial charge in [0.2, 0.25) is 0 Å². The van der Waals surface area contributed by atoms with Crippen LogP contribution in [-0.4, -0.2) is 0 Å². The van der Waals surface area contributed by atoms with Crippen molar-refractivity contribution in [3.63, 3.8) is 0 Å². The molecule has 0 saturated carbocycles. The molecule has 2 rings (SSSR count). The van der Waals surface area contributed by atoms with Crippen molar-refractivity contribution in [3.05, 3.63) is 53.4 Å². The predicted octanol–water partition coefficient (Wildman–Crippen LogP) is 3.63. The van der Waals surface area contributed by atoms with E-state index in [1.54, 1.807) is 0 Å². The third-order valence-corrected chi connectivity index (χ3v) is 2.41. The number of nitrogen functional groups attached to an aromatic ring is 1. The van der Waals surface area contributed by atoms with Crippen LogP contribution in [-0.2, 0) is 0 Å². The Morgan fingerprint density at radius 3 is 1.83 bits per heavy atom. The summed E-state index contributed by atoms with van der Waals surface area (Å²) in [5, 5.41) is 0. The van der Waals surface area contributed by atoms with Crippen LogP contribution in [0, 0.1) is 29.1 Å². The molecule has 0 spiro atoms. The fraction of sp³-hybridized carbons (Fsp3) is 0. The Kier molecular flexibility index (Phi) is 2.94. The van der Waals surface area contributed by atoms with Gasteiger partial charge in [0.1, 0.15) is 11.5 Å². The van der Waals surface area contributed by atoms with Crippen molar-refractivity contribution < 1.29 is 22.0 Å². The van der Waals surface area contributed by atoms with E-state index >= 15 is 0 Å². The molecular weight excluding hydrogens is 253 g/mol. The van der Waals surface area contributed by atoms with Gasteiger partial charge in [0.25, 0.3) is 0 Å². The largest absolute Gasteiger partial charge is 0.394 e. The minimum absolute atomic E-state index is 0.317. The molecule has 0 amide bonds. The van der Waals surface area contributed by atoms with Crippen molar-refractivity contribution in [3.8, 4) is 11.1 Å². The van der Waals surface area contributed by atoms with Crippen LogP contribution in [0.1, 0.15) is 0 Å². The van der Waals surface area contributed by atoms with Crippen LogP contribution in [0.25, 0.3) is 11.1 Å². The summed E-state index contributed by atoms with van der Waals surface area (Å²) < 4.78 is 66.4. The van der Waals surface area contributed by atoms with Gasteiger partial charge in [0.15, 0.2) is 23.3 Å². The van der Waals surface area contributed by atoms with Gasteiger partial charge >= 0.3 is 0 Å². The first-order chi connectivity index (χ1) is 8.43. The minimum Gasteiger partial charge on any atom is -0.394 e. The summed E-state index contributed by atoms with van der Waals surface area (Å²) in [6, 6.07) is 4.08. The number of hydrogen-bond acceptors (Lipinski definition) is 1. The molecule has 0 atom stereocenters. The van der Waals surface area contributed by atoms with E-state index in [1.807, 2.05) is 0 Å².